The monoisotopic (exact) mass is 375 g/mol. The van der Waals surface area contributed by atoms with E-state index in [1.54, 1.807) is 12.1 Å². The lowest BCUT2D eigenvalue weighted by atomic mass is 10.2. The highest BCUT2D eigenvalue weighted by Crippen LogP contribution is 2.32. The number of benzene rings is 2. The SMILES string of the molecule is COc1ccc(Cl)cc1NC(=O)CSc1cccc(C(F)(F)F)c1. The van der Waals surface area contributed by atoms with E-state index in [4.69, 9.17) is 16.3 Å². The summed E-state index contributed by atoms with van der Waals surface area (Å²) in [4.78, 5) is 12.4. The van der Waals surface area contributed by atoms with E-state index >= 15 is 0 Å². The number of hydrogen-bond donors (Lipinski definition) is 1. The van der Waals surface area contributed by atoms with Crippen LogP contribution in [0, 0.1) is 0 Å². The van der Waals surface area contributed by atoms with Gasteiger partial charge in [-0.3, -0.25) is 4.79 Å². The average molecular weight is 376 g/mol. The van der Waals surface area contributed by atoms with Crippen molar-refractivity contribution in [2.75, 3.05) is 18.2 Å². The maximum Gasteiger partial charge on any atom is 0.416 e. The van der Waals surface area contributed by atoms with Gasteiger partial charge in [0.25, 0.3) is 0 Å². The molecule has 0 spiro atoms. The number of rotatable bonds is 5. The molecule has 3 nitrogen and oxygen atoms in total. The van der Waals surface area contributed by atoms with Gasteiger partial charge in [-0.1, -0.05) is 17.7 Å². The van der Waals surface area contributed by atoms with E-state index < -0.39 is 11.7 Å². The number of thioether (sulfide) groups is 1. The normalized spacial score (nSPS) is 11.2. The summed E-state index contributed by atoms with van der Waals surface area (Å²) < 4.78 is 43.1. The smallest absolute Gasteiger partial charge is 0.416 e. The second-order valence-electron chi connectivity index (χ2n) is 4.71. The van der Waals surface area contributed by atoms with Crippen LogP contribution in [0.25, 0.3) is 0 Å². The minimum atomic E-state index is -4.41. The lowest BCUT2D eigenvalue weighted by Crippen LogP contribution is -2.14. The molecule has 24 heavy (non-hydrogen) atoms. The molecule has 0 aliphatic heterocycles. The zero-order valence-electron chi connectivity index (χ0n) is 12.5. The zero-order valence-corrected chi connectivity index (χ0v) is 14.1. The lowest BCUT2D eigenvalue weighted by Gasteiger charge is -2.11. The number of alkyl halides is 3. The van der Waals surface area contributed by atoms with Crippen molar-refractivity contribution >= 4 is 35.0 Å². The maximum absolute atomic E-state index is 12.7. The molecule has 0 aliphatic rings. The minimum absolute atomic E-state index is 0.0447. The van der Waals surface area contributed by atoms with Crippen molar-refractivity contribution in [3.8, 4) is 5.75 Å². The van der Waals surface area contributed by atoms with Gasteiger partial charge in [0, 0.05) is 9.92 Å². The molecule has 1 amide bonds. The molecular weight excluding hydrogens is 363 g/mol. The molecule has 0 atom stereocenters. The number of ether oxygens (including phenoxy) is 1. The van der Waals surface area contributed by atoms with Crippen molar-refractivity contribution in [3.05, 3.63) is 53.1 Å². The Hall–Kier alpha value is -1.86. The highest BCUT2D eigenvalue weighted by molar-refractivity contribution is 8.00. The van der Waals surface area contributed by atoms with Crippen molar-refractivity contribution in [2.24, 2.45) is 0 Å². The molecule has 0 bridgehead atoms. The summed E-state index contributed by atoms with van der Waals surface area (Å²) in [7, 11) is 1.45. The highest BCUT2D eigenvalue weighted by Gasteiger charge is 2.30. The molecule has 0 aliphatic carbocycles. The number of carbonyl (C=O) groups excluding carboxylic acids is 1. The zero-order chi connectivity index (χ0) is 17.7. The first-order valence-electron chi connectivity index (χ1n) is 6.73. The van der Waals surface area contributed by atoms with Crippen LogP contribution in [0.4, 0.5) is 18.9 Å². The van der Waals surface area contributed by atoms with Crippen molar-refractivity contribution < 1.29 is 22.7 Å². The van der Waals surface area contributed by atoms with E-state index in [-0.39, 0.29) is 11.7 Å². The van der Waals surface area contributed by atoms with Crippen LogP contribution < -0.4 is 10.1 Å². The summed E-state index contributed by atoms with van der Waals surface area (Å²) >= 11 is 6.88. The molecule has 0 aromatic heterocycles. The quantitative estimate of drug-likeness (QED) is 0.739. The highest BCUT2D eigenvalue weighted by atomic mass is 35.5. The number of methoxy groups -OCH3 is 1. The van der Waals surface area contributed by atoms with Crippen LogP contribution in [0.3, 0.4) is 0 Å². The molecule has 0 heterocycles. The third kappa shape index (κ3) is 5.07. The van der Waals surface area contributed by atoms with Crippen molar-refractivity contribution in [1.29, 1.82) is 0 Å². The van der Waals surface area contributed by atoms with Gasteiger partial charge in [-0.25, -0.2) is 0 Å². The molecule has 8 heteroatoms. The van der Waals surface area contributed by atoms with Crippen LogP contribution in [0.5, 0.6) is 5.75 Å². The van der Waals surface area contributed by atoms with Gasteiger partial charge in [0.05, 0.1) is 24.1 Å². The Morgan fingerprint density at radius 1 is 1.25 bits per heavy atom. The van der Waals surface area contributed by atoms with Crippen LogP contribution in [0.15, 0.2) is 47.4 Å². The number of anilines is 1. The summed E-state index contributed by atoms with van der Waals surface area (Å²) in [5.41, 5.74) is -0.343. The molecule has 0 unspecified atom stereocenters. The molecule has 2 aromatic carbocycles. The largest absolute Gasteiger partial charge is 0.495 e. The Morgan fingerprint density at radius 2 is 2.00 bits per heavy atom. The molecular formula is C16H13ClF3NO2S. The molecule has 1 N–H and O–H groups in total. The summed E-state index contributed by atoms with van der Waals surface area (Å²) in [6.07, 6.45) is -4.41. The molecule has 0 saturated carbocycles. The first-order valence-corrected chi connectivity index (χ1v) is 8.09. The molecule has 0 fully saturated rings. The fraction of sp³-hybridized carbons (Fsp3) is 0.188. The molecule has 128 valence electrons. The van der Waals surface area contributed by atoms with Gasteiger partial charge < -0.3 is 10.1 Å². The summed E-state index contributed by atoms with van der Waals surface area (Å²) in [5.74, 6) is 0.0200. The predicted molar refractivity (Wildman–Crippen MR) is 88.8 cm³/mol. The van der Waals surface area contributed by atoms with Crippen molar-refractivity contribution in [2.45, 2.75) is 11.1 Å². The summed E-state index contributed by atoms with van der Waals surface area (Å²) in [6, 6.07) is 9.59. The second-order valence-corrected chi connectivity index (χ2v) is 6.19. The predicted octanol–water partition coefficient (Wildman–Crippen LogP) is 5.10. The topological polar surface area (TPSA) is 38.3 Å². The van der Waals surface area contributed by atoms with Crippen LogP contribution in [-0.2, 0) is 11.0 Å². The Morgan fingerprint density at radius 3 is 2.67 bits per heavy atom. The van der Waals surface area contributed by atoms with E-state index in [2.05, 4.69) is 5.32 Å². The van der Waals surface area contributed by atoms with Gasteiger partial charge in [-0.05, 0) is 36.4 Å². The number of carbonyl (C=O) groups is 1. The van der Waals surface area contributed by atoms with Gasteiger partial charge in [0.2, 0.25) is 5.91 Å². The van der Waals surface area contributed by atoms with E-state index in [1.807, 2.05) is 0 Å². The average Bonchev–Trinajstić information content (AvgIpc) is 2.53. The van der Waals surface area contributed by atoms with E-state index in [1.165, 1.54) is 25.3 Å². The molecule has 2 aromatic rings. The van der Waals surface area contributed by atoms with Crippen LogP contribution in [0.2, 0.25) is 5.02 Å². The second kappa shape index (κ2) is 7.81. The number of amides is 1. The van der Waals surface area contributed by atoms with Crippen LogP contribution in [0.1, 0.15) is 5.56 Å². The third-order valence-corrected chi connectivity index (χ3v) is 4.20. The standard InChI is InChI=1S/C16H13ClF3NO2S/c1-23-14-6-5-11(17)8-13(14)21-15(22)9-24-12-4-2-3-10(7-12)16(18,19)20/h2-8H,9H2,1H3,(H,21,22). The summed E-state index contributed by atoms with van der Waals surface area (Å²) in [5, 5.41) is 3.05. The van der Waals surface area contributed by atoms with E-state index in [0.717, 1.165) is 23.9 Å². The van der Waals surface area contributed by atoms with Gasteiger partial charge in [-0.2, -0.15) is 13.2 Å². The first kappa shape index (κ1) is 18.5. The van der Waals surface area contributed by atoms with Gasteiger partial charge in [0.15, 0.2) is 0 Å². The van der Waals surface area contributed by atoms with Crippen molar-refractivity contribution in [1.82, 2.24) is 0 Å². The summed E-state index contributed by atoms with van der Waals surface area (Å²) in [6.45, 7) is 0. The Bertz CT molecular complexity index is 738. The molecule has 2 rings (SSSR count). The molecule has 0 radical (unpaired) electrons. The molecule has 0 saturated heterocycles. The van der Waals surface area contributed by atoms with Gasteiger partial charge in [0.1, 0.15) is 5.75 Å². The number of hydrogen-bond acceptors (Lipinski definition) is 3. The van der Waals surface area contributed by atoms with Crippen molar-refractivity contribution in [3.63, 3.8) is 0 Å². The van der Waals surface area contributed by atoms with Gasteiger partial charge >= 0.3 is 6.18 Å². The van der Waals surface area contributed by atoms with Crippen LogP contribution in [-0.4, -0.2) is 18.8 Å². The third-order valence-electron chi connectivity index (χ3n) is 2.97. The maximum atomic E-state index is 12.7. The van der Waals surface area contributed by atoms with E-state index in [9.17, 15) is 18.0 Å². The minimum Gasteiger partial charge on any atom is -0.495 e. The fourth-order valence-corrected chi connectivity index (χ4v) is 2.80. The fourth-order valence-electron chi connectivity index (χ4n) is 1.88. The Labute approximate surface area is 146 Å². The Kier molecular flexibility index (Phi) is 6.01. The van der Waals surface area contributed by atoms with Crippen LogP contribution >= 0.6 is 23.4 Å². The first-order chi connectivity index (χ1) is 11.3. The number of nitrogens with one attached hydrogen (secondary N) is 1. The number of halogens is 4. The van der Waals surface area contributed by atoms with Gasteiger partial charge in [-0.15, -0.1) is 11.8 Å². The Balaban J connectivity index is 2.00. The van der Waals surface area contributed by atoms with E-state index in [0.29, 0.717) is 21.4 Å². The lowest BCUT2D eigenvalue weighted by molar-refractivity contribution is -0.137.